The lowest BCUT2D eigenvalue weighted by atomic mass is 9.69. The Labute approximate surface area is 150 Å². The molecule has 0 radical (unpaired) electrons. The average Bonchev–Trinajstić information content (AvgIpc) is 2.89. The van der Waals surface area contributed by atoms with Crippen LogP contribution in [0.3, 0.4) is 0 Å². The highest BCUT2D eigenvalue weighted by Gasteiger charge is 2.61. The Morgan fingerprint density at radius 1 is 1.20 bits per heavy atom. The summed E-state index contributed by atoms with van der Waals surface area (Å²) in [5, 5.41) is 5.80. The van der Waals surface area contributed by atoms with Crippen LogP contribution in [-0.4, -0.2) is 32.8 Å². The molecule has 0 aliphatic heterocycles. The molecule has 138 valence electrons. The molecule has 2 aliphatic carbocycles. The smallest absolute Gasteiger partial charge is 0.315 e. The lowest BCUT2D eigenvalue weighted by Crippen LogP contribution is -2.50. The summed E-state index contributed by atoms with van der Waals surface area (Å²) in [4.78, 5) is 12.5. The van der Waals surface area contributed by atoms with Crippen LogP contribution < -0.4 is 10.6 Å². The zero-order valence-corrected chi connectivity index (χ0v) is 16.0. The monoisotopic (exact) mass is 364 g/mol. The Morgan fingerprint density at radius 3 is 2.44 bits per heavy atom. The van der Waals surface area contributed by atoms with Crippen LogP contribution in [0.15, 0.2) is 35.2 Å². The third-order valence-corrected chi connectivity index (χ3v) is 8.59. The maximum atomic E-state index is 12.2. The maximum absolute atomic E-state index is 12.2. The van der Waals surface area contributed by atoms with Crippen molar-refractivity contribution in [1.29, 1.82) is 0 Å². The predicted molar refractivity (Wildman–Crippen MR) is 98.0 cm³/mol. The van der Waals surface area contributed by atoms with Gasteiger partial charge in [0.1, 0.15) is 0 Å². The fourth-order valence-electron chi connectivity index (χ4n) is 4.68. The van der Waals surface area contributed by atoms with Crippen molar-refractivity contribution in [3.63, 3.8) is 0 Å². The Morgan fingerprint density at radius 2 is 1.88 bits per heavy atom. The van der Waals surface area contributed by atoms with Gasteiger partial charge in [0.2, 0.25) is 0 Å². The summed E-state index contributed by atoms with van der Waals surface area (Å²) in [7, 11) is -3.36. The summed E-state index contributed by atoms with van der Waals surface area (Å²) in [5.41, 5.74) is 0.354. The van der Waals surface area contributed by atoms with Crippen LogP contribution in [0.5, 0.6) is 0 Å². The van der Waals surface area contributed by atoms with E-state index in [1.807, 2.05) is 0 Å². The van der Waals surface area contributed by atoms with Crippen LogP contribution in [-0.2, 0) is 9.84 Å². The molecule has 5 nitrogen and oxygen atoms in total. The number of carbonyl (C=O) groups is 1. The molecule has 2 fully saturated rings. The lowest BCUT2D eigenvalue weighted by molar-refractivity contribution is 0.123. The van der Waals surface area contributed by atoms with Crippen LogP contribution >= 0.6 is 0 Å². The number of fused-ring (bicyclic) bond motifs is 2. The van der Waals surface area contributed by atoms with Gasteiger partial charge in [0.05, 0.1) is 10.6 Å². The number of urea groups is 1. The molecule has 0 spiro atoms. The number of amides is 2. The Bertz CT molecular complexity index is 745. The van der Waals surface area contributed by atoms with Crippen molar-refractivity contribution in [2.24, 2.45) is 16.7 Å². The highest BCUT2D eigenvalue weighted by Crippen LogP contribution is 2.65. The Kier molecular flexibility index (Phi) is 4.60. The minimum absolute atomic E-state index is 0.0967. The number of hydrogen-bond acceptors (Lipinski definition) is 3. The average molecular weight is 365 g/mol. The molecule has 3 rings (SSSR count). The molecule has 1 aromatic carbocycles. The van der Waals surface area contributed by atoms with Crippen LogP contribution in [0.2, 0.25) is 0 Å². The van der Waals surface area contributed by atoms with Gasteiger partial charge in [-0.1, -0.05) is 39.0 Å². The van der Waals surface area contributed by atoms with E-state index in [0.717, 1.165) is 12.8 Å². The van der Waals surface area contributed by atoms with Gasteiger partial charge in [0.25, 0.3) is 0 Å². The van der Waals surface area contributed by atoms with E-state index in [-0.39, 0.29) is 35.2 Å². The molecular formula is C19H28N2O3S. The molecule has 25 heavy (non-hydrogen) atoms. The third-order valence-electron chi connectivity index (χ3n) is 6.86. The summed E-state index contributed by atoms with van der Waals surface area (Å²) in [6.07, 6.45) is 3.38. The van der Waals surface area contributed by atoms with Crippen molar-refractivity contribution < 1.29 is 13.2 Å². The number of nitrogens with one attached hydrogen (secondary N) is 2. The molecule has 2 bridgehead atoms. The van der Waals surface area contributed by atoms with E-state index >= 15 is 0 Å². The topological polar surface area (TPSA) is 75.3 Å². The van der Waals surface area contributed by atoms with E-state index in [9.17, 15) is 13.2 Å². The minimum Gasteiger partial charge on any atom is -0.337 e. The zero-order valence-electron chi connectivity index (χ0n) is 15.2. The fourth-order valence-corrected chi connectivity index (χ4v) is 5.85. The van der Waals surface area contributed by atoms with Crippen LogP contribution in [0, 0.1) is 16.7 Å². The van der Waals surface area contributed by atoms with Crippen LogP contribution in [0.25, 0.3) is 0 Å². The van der Waals surface area contributed by atoms with Gasteiger partial charge in [-0.3, -0.25) is 0 Å². The Hall–Kier alpha value is -1.56. The molecule has 2 aliphatic rings. The highest BCUT2D eigenvalue weighted by molar-refractivity contribution is 7.91. The van der Waals surface area contributed by atoms with Gasteiger partial charge in [0, 0.05) is 12.6 Å². The van der Waals surface area contributed by atoms with Gasteiger partial charge < -0.3 is 10.6 Å². The number of rotatable bonds is 5. The summed E-state index contributed by atoms with van der Waals surface area (Å²) >= 11 is 0. The normalized spacial score (nSPS) is 30.2. The van der Waals surface area contributed by atoms with E-state index in [4.69, 9.17) is 0 Å². The van der Waals surface area contributed by atoms with Crippen molar-refractivity contribution in [3.05, 3.63) is 30.3 Å². The number of sulfone groups is 1. The van der Waals surface area contributed by atoms with Crippen LogP contribution in [0.4, 0.5) is 4.79 Å². The van der Waals surface area contributed by atoms with Crippen molar-refractivity contribution >= 4 is 15.9 Å². The summed E-state index contributed by atoms with van der Waals surface area (Å²) in [6.45, 7) is 6.98. The second-order valence-electron chi connectivity index (χ2n) is 8.20. The minimum atomic E-state index is -3.36. The molecule has 3 atom stereocenters. The van der Waals surface area contributed by atoms with Crippen LogP contribution in [0.1, 0.15) is 40.0 Å². The zero-order chi connectivity index (χ0) is 18.3. The predicted octanol–water partition coefficient (Wildman–Crippen LogP) is 2.97. The van der Waals surface area contributed by atoms with Crippen molar-refractivity contribution in [2.45, 2.75) is 51.0 Å². The highest BCUT2D eigenvalue weighted by atomic mass is 32.2. The van der Waals surface area contributed by atoms with E-state index in [1.165, 1.54) is 6.42 Å². The summed E-state index contributed by atoms with van der Waals surface area (Å²) in [5.74, 6) is 0.557. The Balaban J connectivity index is 1.51. The van der Waals surface area contributed by atoms with Crippen molar-refractivity contribution in [2.75, 3.05) is 12.3 Å². The van der Waals surface area contributed by atoms with E-state index in [0.29, 0.717) is 10.8 Å². The van der Waals surface area contributed by atoms with E-state index in [2.05, 4.69) is 31.4 Å². The molecule has 2 N–H and O–H groups in total. The second kappa shape index (κ2) is 6.31. The molecule has 1 aromatic rings. The quantitative estimate of drug-likeness (QED) is 0.843. The molecule has 0 heterocycles. The summed E-state index contributed by atoms with van der Waals surface area (Å²) < 4.78 is 24.5. The van der Waals surface area contributed by atoms with Crippen molar-refractivity contribution in [1.82, 2.24) is 10.6 Å². The first-order valence-corrected chi connectivity index (χ1v) is 10.6. The van der Waals surface area contributed by atoms with E-state index < -0.39 is 9.84 Å². The van der Waals surface area contributed by atoms with E-state index in [1.54, 1.807) is 30.3 Å². The molecule has 2 amide bonds. The second-order valence-corrected chi connectivity index (χ2v) is 10.3. The fraction of sp³-hybridized carbons (Fsp3) is 0.632. The molecule has 2 saturated carbocycles. The maximum Gasteiger partial charge on any atom is 0.315 e. The molecule has 0 unspecified atom stereocenters. The largest absolute Gasteiger partial charge is 0.337 e. The molecule has 0 saturated heterocycles. The first kappa shape index (κ1) is 18.2. The number of hydrogen-bond donors (Lipinski definition) is 2. The van der Waals surface area contributed by atoms with Gasteiger partial charge in [0.15, 0.2) is 9.84 Å². The van der Waals surface area contributed by atoms with Gasteiger partial charge in [-0.15, -0.1) is 0 Å². The molecular weight excluding hydrogens is 336 g/mol. The van der Waals surface area contributed by atoms with Gasteiger partial charge >= 0.3 is 6.03 Å². The SMILES string of the molecule is CC1(C)[C@H]2CC[C@@]1(C)[C@H](NC(=O)NCCS(=O)(=O)c1ccccc1)C2. The van der Waals surface area contributed by atoms with Gasteiger partial charge in [-0.05, 0) is 48.1 Å². The van der Waals surface area contributed by atoms with Gasteiger partial charge in [-0.25, -0.2) is 13.2 Å². The third kappa shape index (κ3) is 3.16. The first-order valence-electron chi connectivity index (χ1n) is 8.99. The molecule has 0 aromatic heterocycles. The van der Waals surface area contributed by atoms with Gasteiger partial charge in [-0.2, -0.15) is 0 Å². The first-order chi connectivity index (χ1) is 11.7. The number of carbonyl (C=O) groups excluding carboxylic acids is 1. The lowest BCUT2D eigenvalue weighted by Gasteiger charge is -2.39. The molecule has 6 heteroatoms. The standard InChI is InChI=1S/C19H28N2O3S/c1-18(2)14-9-10-19(18,3)16(13-14)21-17(22)20-11-12-25(23,24)15-7-5-4-6-8-15/h4-8,14,16H,9-13H2,1-3H3,(H2,20,21,22)/t14-,16+,19-/m0/s1. The summed E-state index contributed by atoms with van der Waals surface area (Å²) in [6, 6.07) is 8.23. The van der Waals surface area contributed by atoms with Crippen molar-refractivity contribution in [3.8, 4) is 0 Å². The number of benzene rings is 1.